The number of rotatable bonds is 8. The molecule has 4 fully saturated rings. The number of allylic oxidation sites excluding steroid dienone is 1. The van der Waals surface area contributed by atoms with Crippen LogP contribution in [0.4, 0.5) is 0 Å². The molecule has 4 saturated heterocycles. The van der Waals surface area contributed by atoms with Gasteiger partial charge in [0.15, 0.2) is 6.61 Å². The molecule has 71 heavy (non-hydrogen) atoms. The summed E-state index contributed by atoms with van der Waals surface area (Å²) >= 11 is 0. The van der Waals surface area contributed by atoms with Gasteiger partial charge in [-0.25, -0.2) is 4.84 Å². The van der Waals surface area contributed by atoms with Crippen LogP contribution in [0.2, 0.25) is 0 Å². The van der Waals surface area contributed by atoms with E-state index in [-0.39, 0.29) is 50.0 Å². The van der Waals surface area contributed by atoms with E-state index in [1.54, 1.807) is 16.9 Å². The number of morpholine rings is 1. The second-order valence-electron chi connectivity index (χ2n) is 21.4. The number of aromatic nitrogens is 1. The minimum Gasteiger partial charge on any atom is -0.379 e. The van der Waals surface area contributed by atoms with Crippen LogP contribution in [0.1, 0.15) is 83.5 Å². The lowest BCUT2D eigenvalue weighted by Crippen LogP contribution is -2.64. The van der Waals surface area contributed by atoms with Crippen molar-refractivity contribution in [2.24, 2.45) is 28.8 Å². The molecule has 378 valence electrons. The average Bonchev–Trinajstić information content (AvgIpc) is 3.83. The predicted octanol–water partition coefficient (Wildman–Crippen LogP) is 4.65. The van der Waals surface area contributed by atoms with Gasteiger partial charge in [0.05, 0.1) is 41.9 Å². The van der Waals surface area contributed by atoms with E-state index in [1.807, 2.05) is 39.1 Å². The molecule has 6 aliphatic heterocycles. The first kappa shape index (κ1) is 50.0. The Kier molecular flexibility index (Phi) is 14.6. The molecule has 0 unspecified atom stereocenters. The molecule has 0 aliphatic carbocycles. The molecule has 7 heterocycles. The van der Waals surface area contributed by atoms with Crippen molar-refractivity contribution in [3.05, 3.63) is 69.9 Å². The second kappa shape index (κ2) is 20.7. The average molecular weight is 973 g/mol. The maximum atomic E-state index is 14.8. The number of hydrazine groups is 1. The van der Waals surface area contributed by atoms with Gasteiger partial charge in [-0.1, -0.05) is 63.9 Å². The molecule has 6 bridgehead atoms. The molecule has 4 atom stereocenters. The van der Waals surface area contributed by atoms with Gasteiger partial charge in [-0.05, 0) is 85.3 Å². The Labute approximate surface area is 416 Å². The summed E-state index contributed by atoms with van der Waals surface area (Å²) in [6.07, 6.45) is 4.75. The van der Waals surface area contributed by atoms with E-state index in [0.29, 0.717) is 63.5 Å². The fraction of sp³-hybridized carbons (Fsp3) is 0.574. The molecular formula is C54H70N9O8+. The minimum absolute atomic E-state index is 0.113. The van der Waals surface area contributed by atoms with Gasteiger partial charge in [0.25, 0.3) is 11.8 Å². The molecule has 2 aromatic carbocycles. The third-order valence-electron chi connectivity index (χ3n) is 15.3. The first-order chi connectivity index (χ1) is 34.1. The molecule has 3 aromatic rings. The number of aliphatic imine (C=N–C) groups is 1. The SMILES string of the molecule is CO[C@@H](C)C1=C(c2c3c4cc(ccc4n2C)-c2cccc(c2)C[C@H](NC(=O)[C@H](C(C)C)N2CCC4(CN(C(=O)C#CCN5CCOCC5)C4)C2=O)C(=O)N2CCC[C@H](N2)[N+](=O)OCC(C)(C)C3)CCC=N1. The summed E-state index contributed by atoms with van der Waals surface area (Å²) in [5.74, 6) is 4.14. The van der Waals surface area contributed by atoms with E-state index in [1.165, 1.54) is 5.01 Å². The number of nitrogens with zero attached hydrogens (tertiary/aromatic N) is 7. The third kappa shape index (κ3) is 10.3. The Bertz CT molecular complexity index is 2700. The van der Waals surface area contributed by atoms with Gasteiger partial charge in [-0.3, -0.25) is 34.1 Å². The van der Waals surface area contributed by atoms with E-state index >= 15 is 0 Å². The van der Waals surface area contributed by atoms with Crippen molar-refractivity contribution in [2.45, 2.75) is 104 Å². The van der Waals surface area contributed by atoms with Crippen LogP contribution in [0.5, 0.6) is 0 Å². The summed E-state index contributed by atoms with van der Waals surface area (Å²) in [7, 11) is 3.81. The number of fused-ring (bicyclic) bond motifs is 6. The molecule has 0 saturated carbocycles. The second-order valence-corrected chi connectivity index (χ2v) is 21.4. The Hall–Kier alpha value is -5.93. The quantitative estimate of drug-likeness (QED) is 0.303. The van der Waals surface area contributed by atoms with E-state index in [9.17, 15) is 24.1 Å². The number of ether oxygens (including phenoxy) is 2. The van der Waals surface area contributed by atoms with E-state index < -0.39 is 40.9 Å². The number of aryl methyl sites for hydroxylation is 1. The number of nitrogens with one attached hydrogen (secondary N) is 2. The number of methoxy groups -OCH3 is 1. The zero-order valence-electron chi connectivity index (χ0n) is 42.4. The predicted molar refractivity (Wildman–Crippen MR) is 269 cm³/mol. The molecule has 0 radical (unpaired) electrons. The van der Waals surface area contributed by atoms with Crippen LogP contribution in [0, 0.1) is 33.5 Å². The standard InChI is InChI=1S/C54H69N9O8/c1-35(2)48(61-23-19-54(52(61)67)32-60(33-54)46(64)16-11-21-59-24-26-70-27-25-59)50(65)56-43-29-37-12-8-13-38(28-37)39-17-18-44-41(30-39)42(49(58(44)6)40-14-9-20-55-47(40)36(3)69-7)31-53(4,5)34-71-63(68)45-15-10-22-62(57-45)51(43)66/h8,12-13,17-18,20,28,30,35-36,43,45,48,57H,9-10,14-15,19,21-27,29,31-34H2,1-7H3/p+1/t36-,43-,45+,48-/m0/s1. The van der Waals surface area contributed by atoms with Gasteiger partial charge in [-0.15, -0.1) is 0 Å². The zero-order chi connectivity index (χ0) is 50.2. The third-order valence-corrected chi connectivity index (χ3v) is 15.3. The van der Waals surface area contributed by atoms with Crippen molar-refractivity contribution < 1.29 is 38.4 Å². The van der Waals surface area contributed by atoms with Crippen molar-refractivity contribution in [3.8, 4) is 23.0 Å². The number of hydrogen-bond acceptors (Lipinski definition) is 11. The molecule has 1 spiro atoms. The van der Waals surface area contributed by atoms with Crippen molar-refractivity contribution in [2.75, 3.05) is 72.7 Å². The van der Waals surface area contributed by atoms with Crippen LogP contribution in [0.3, 0.4) is 0 Å². The summed E-state index contributed by atoms with van der Waals surface area (Å²) in [5.41, 5.74) is 9.99. The summed E-state index contributed by atoms with van der Waals surface area (Å²) in [6.45, 7) is 14.6. The highest BCUT2D eigenvalue weighted by Gasteiger charge is 2.58. The molecule has 4 amide bonds. The van der Waals surface area contributed by atoms with Gasteiger partial charge in [0.2, 0.25) is 16.7 Å². The molecule has 1 aromatic heterocycles. The zero-order valence-corrected chi connectivity index (χ0v) is 42.4. The number of carbonyl (C=O) groups is 4. The van der Waals surface area contributed by atoms with Gasteiger partial charge >= 0.3 is 6.17 Å². The Balaban J connectivity index is 1.01. The normalized spacial score (nSPS) is 23.5. The highest BCUT2D eigenvalue weighted by molar-refractivity contribution is 5.99. The smallest absolute Gasteiger partial charge is 0.326 e. The van der Waals surface area contributed by atoms with Crippen molar-refractivity contribution in [1.29, 1.82) is 0 Å². The fourth-order valence-electron chi connectivity index (χ4n) is 11.3. The summed E-state index contributed by atoms with van der Waals surface area (Å²) in [5, 5.41) is 5.63. The van der Waals surface area contributed by atoms with E-state index in [2.05, 4.69) is 83.3 Å². The fourth-order valence-corrected chi connectivity index (χ4v) is 11.3. The van der Waals surface area contributed by atoms with Crippen molar-refractivity contribution in [3.63, 3.8) is 0 Å². The van der Waals surface area contributed by atoms with Gasteiger partial charge in [0.1, 0.15) is 12.1 Å². The number of likely N-dealkylation sites (tertiary alicyclic amines) is 2. The maximum absolute atomic E-state index is 14.8. The highest BCUT2D eigenvalue weighted by Crippen LogP contribution is 2.43. The van der Waals surface area contributed by atoms with Crippen LogP contribution < -0.4 is 10.7 Å². The van der Waals surface area contributed by atoms with Crippen molar-refractivity contribution >= 4 is 46.3 Å². The summed E-state index contributed by atoms with van der Waals surface area (Å²) < 4.78 is 13.5. The van der Waals surface area contributed by atoms with Crippen LogP contribution in [-0.2, 0) is 53.4 Å². The number of benzene rings is 2. The number of carbonyl (C=O) groups excluding carboxylic acids is 4. The molecule has 6 aliphatic rings. The van der Waals surface area contributed by atoms with Gasteiger partial charge in [-0.2, -0.15) is 5.43 Å². The molecule has 17 nitrogen and oxygen atoms in total. The monoisotopic (exact) mass is 973 g/mol. The van der Waals surface area contributed by atoms with Crippen LogP contribution in [0.25, 0.3) is 27.6 Å². The van der Waals surface area contributed by atoms with Gasteiger partial charge in [0, 0.05) is 100 Å². The minimum atomic E-state index is -1.05. The Morgan fingerprint density at radius 3 is 2.58 bits per heavy atom. The summed E-state index contributed by atoms with van der Waals surface area (Å²) in [6, 6.07) is 12.7. The van der Waals surface area contributed by atoms with E-state index in [4.69, 9.17) is 19.3 Å². The first-order valence-electron chi connectivity index (χ1n) is 25.4. The molecular weight excluding hydrogens is 903 g/mol. The largest absolute Gasteiger partial charge is 0.379 e. The molecule has 9 rings (SSSR count). The molecule has 17 heteroatoms. The van der Waals surface area contributed by atoms with Gasteiger partial charge < -0.3 is 29.2 Å². The Morgan fingerprint density at radius 1 is 1.04 bits per heavy atom. The molecule has 2 N–H and O–H groups in total. The highest BCUT2D eigenvalue weighted by atomic mass is 16.8. The first-order valence-corrected chi connectivity index (χ1v) is 25.4. The summed E-state index contributed by atoms with van der Waals surface area (Å²) in [4.78, 5) is 87.7. The van der Waals surface area contributed by atoms with E-state index in [0.717, 1.165) is 76.1 Å². The lowest BCUT2D eigenvalue weighted by molar-refractivity contribution is -0.835. The lowest BCUT2D eigenvalue weighted by Gasteiger charge is -2.46. The van der Waals surface area contributed by atoms with Crippen molar-refractivity contribution in [1.82, 2.24) is 35.0 Å². The van der Waals surface area contributed by atoms with Crippen LogP contribution in [0.15, 0.2) is 53.2 Å². The maximum Gasteiger partial charge on any atom is 0.326 e. The topological polar surface area (TPSA) is 170 Å². The van der Waals surface area contributed by atoms with Crippen LogP contribution in [-0.4, -0.2) is 156 Å². The Morgan fingerprint density at radius 2 is 1.82 bits per heavy atom. The number of amides is 4. The lowest BCUT2D eigenvalue weighted by atomic mass is 9.78. The number of hydrogen-bond donors (Lipinski definition) is 2. The van der Waals surface area contributed by atoms with Crippen LogP contribution >= 0.6 is 0 Å².